The Labute approximate surface area is 182 Å². The van der Waals surface area contributed by atoms with Crippen LogP contribution in [-0.2, 0) is 17.9 Å². The molecular weight excluding hydrogens is 453 g/mol. The summed E-state index contributed by atoms with van der Waals surface area (Å²) >= 11 is 0. The summed E-state index contributed by atoms with van der Waals surface area (Å²) in [6, 6.07) is 8.52. The summed E-state index contributed by atoms with van der Waals surface area (Å²) in [5.74, 6) is 0.876. The number of carbonyl (C=O) groups excluding carboxylic acids is 1. The third-order valence-corrected chi connectivity index (χ3v) is 4.12. The van der Waals surface area contributed by atoms with Crippen LogP contribution in [0.2, 0.25) is 0 Å². The summed E-state index contributed by atoms with van der Waals surface area (Å²) < 4.78 is 0. The van der Waals surface area contributed by atoms with Gasteiger partial charge in [-0.1, -0.05) is 24.3 Å². The highest BCUT2D eigenvalue weighted by Crippen LogP contribution is 2.07. The number of nitrogens with zero attached hydrogens (tertiary/aromatic N) is 4. The molecule has 0 aliphatic heterocycles. The van der Waals surface area contributed by atoms with Crippen molar-refractivity contribution in [2.45, 2.75) is 33.9 Å². The molecule has 0 spiro atoms. The topological polar surface area (TPSA) is 51.2 Å². The Bertz CT molecular complexity index is 570. The molecule has 0 aliphatic carbocycles. The molecule has 154 valence electrons. The molecule has 0 unspecified atom stereocenters. The van der Waals surface area contributed by atoms with Crippen LogP contribution in [0.4, 0.5) is 0 Å². The number of carbonyl (C=O) groups is 1. The van der Waals surface area contributed by atoms with Gasteiger partial charge in [-0.15, -0.1) is 24.0 Å². The Morgan fingerprint density at radius 2 is 1.56 bits per heavy atom. The number of rotatable bonds is 9. The standard InChI is InChI=1S/C20H35N5O.HI/c1-7-21-20(24(6)16-19(26)25(8-2)9-3)22-14-17-10-12-18(13-11-17)15-23(4)5;/h10-13H,7-9,14-16H2,1-6H3,(H,21,22);1H. The number of hydrogen-bond acceptors (Lipinski definition) is 3. The van der Waals surface area contributed by atoms with Crippen LogP contribution in [0, 0.1) is 0 Å². The fourth-order valence-corrected chi connectivity index (χ4v) is 2.71. The van der Waals surface area contributed by atoms with Crippen LogP contribution in [0.15, 0.2) is 29.3 Å². The number of benzene rings is 1. The fraction of sp³-hybridized carbons (Fsp3) is 0.600. The summed E-state index contributed by atoms with van der Waals surface area (Å²) in [4.78, 5) is 22.9. The van der Waals surface area contributed by atoms with Crippen molar-refractivity contribution in [3.05, 3.63) is 35.4 Å². The molecule has 0 fully saturated rings. The van der Waals surface area contributed by atoms with Crippen LogP contribution in [0.5, 0.6) is 0 Å². The van der Waals surface area contributed by atoms with E-state index in [1.54, 1.807) is 0 Å². The van der Waals surface area contributed by atoms with E-state index in [2.05, 4.69) is 53.6 Å². The highest BCUT2D eigenvalue weighted by molar-refractivity contribution is 14.0. The molecule has 1 rings (SSSR count). The van der Waals surface area contributed by atoms with Crippen molar-refractivity contribution < 1.29 is 4.79 Å². The van der Waals surface area contributed by atoms with E-state index in [1.807, 2.05) is 37.6 Å². The Hall–Kier alpha value is -1.35. The van der Waals surface area contributed by atoms with Crippen molar-refractivity contribution in [3.8, 4) is 0 Å². The molecule has 0 heterocycles. The number of hydrogen-bond donors (Lipinski definition) is 1. The average molecular weight is 489 g/mol. The van der Waals surface area contributed by atoms with Crippen molar-refractivity contribution >= 4 is 35.8 Å². The number of likely N-dealkylation sites (N-methyl/N-ethyl adjacent to an activating group) is 2. The van der Waals surface area contributed by atoms with E-state index in [1.165, 1.54) is 5.56 Å². The van der Waals surface area contributed by atoms with Crippen LogP contribution < -0.4 is 5.32 Å². The Kier molecular flexibility index (Phi) is 13.1. The van der Waals surface area contributed by atoms with Gasteiger partial charge in [-0.2, -0.15) is 0 Å². The van der Waals surface area contributed by atoms with E-state index in [9.17, 15) is 4.79 Å². The monoisotopic (exact) mass is 489 g/mol. The normalized spacial score (nSPS) is 11.1. The number of nitrogens with one attached hydrogen (secondary N) is 1. The van der Waals surface area contributed by atoms with Crippen molar-refractivity contribution in [2.24, 2.45) is 4.99 Å². The van der Waals surface area contributed by atoms with E-state index in [0.29, 0.717) is 13.1 Å². The smallest absolute Gasteiger partial charge is 0.242 e. The summed E-state index contributed by atoms with van der Waals surface area (Å²) in [6.45, 7) is 10.1. The number of halogens is 1. The molecule has 6 nitrogen and oxygen atoms in total. The molecule has 27 heavy (non-hydrogen) atoms. The average Bonchev–Trinajstić information content (AvgIpc) is 2.60. The minimum absolute atomic E-state index is 0. The van der Waals surface area contributed by atoms with Crippen LogP contribution >= 0.6 is 24.0 Å². The number of aliphatic imine (C=N–C) groups is 1. The van der Waals surface area contributed by atoms with Crippen LogP contribution in [0.25, 0.3) is 0 Å². The lowest BCUT2D eigenvalue weighted by Crippen LogP contribution is -2.45. The predicted molar refractivity (Wildman–Crippen MR) is 125 cm³/mol. The number of guanidine groups is 1. The molecule has 0 aromatic heterocycles. The molecule has 1 aromatic rings. The SMILES string of the molecule is CCNC(=NCc1ccc(CN(C)C)cc1)N(C)CC(=O)N(CC)CC.I. The summed E-state index contributed by atoms with van der Waals surface area (Å²) in [7, 11) is 6.04. The summed E-state index contributed by atoms with van der Waals surface area (Å²) in [5, 5.41) is 3.27. The maximum Gasteiger partial charge on any atom is 0.242 e. The first-order valence-electron chi connectivity index (χ1n) is 9.40. The first kappa shape index (κ1) is 25.6. The molecule has 1 aromatic carbocycles. The van der Waals surface area contributed by atoms with Gasteiger partial charge in [-0.25, -0.2) is 4.99 Å². The minimum atomic E-state index is 0. The van der Waals surface area contributed by atoms with Gasteiger partial charge in [0.05, 0.1) is 13.1 Å². The molecule has 0 saturated heterocycles. The molecule has 0 atom stereocenters. The third kappa shape index (κ3) is 9.41. The van der Waals surface area contributed by atoms with Gasteiger partial charge in [0.1, 0.15) is 0 Å². The second-order valence-electron chi connectivity index (χ2n) is 6.65. The Balaban J connectivity index is 0.00000676. The van der Waals surface area contributed by atoms with Crippen LogP contribution in [0.3, 0.4) is 0 Å². The summed E-state index contributed by atoms with van der Waals surface area (Å²) in [5.41, 5.74) is 2.45. The highest BCUT2D eigenvalue weighted by Gasteiger charge is 2.14. The van der Waals surface area contributed by atoms with E-state index < -0.39 is 0 Å². The highest BCUT2D eigenvalue weighted by atomic mass is 127. The second kappa shape index (κ2) is 13.8. The maximum absolute atomic E-state index is 12.3. The molecule has 1 N–H and O–H groups in total. The second-order valence-corrected chi connectivity index (χ2v) is 6.65. The fourth-order valence-electron chi connectivity index (χ4n) is 2.71. The van der Waals surface area contributed by atoms with Crippen molar-refractivity contribution in [1.82, 2.24) is 20.0 Å². The lowest BCUT2D eigenvalue weighted by atomic mass is 10.1. The number of amides is 1. The lowest BCUT2D eigenvalue weighted by Gasteiger charge is -2.25. The van der Waals surface area contributed by atoms with E-state index in [-0.39, 0.29) is 29.9 Å². The zero-order chi connectivity index (χ0) is 19.5. The van der Waals surface area contributed by atoms with Gasteiger partial charge >= 0.3 is 0 Å². The van der Waals surface area contributed by atoms with E-state index in [4.69, 9.17) is 0 Å². The maximum atomic E-state index is 12.3. The largest absolute Gasteiger partial charge is 0.357 e. The van der Waals surface area contributed by atoms with Gasteiger partial charge in [0.25, 0.3) is 0 Å². The first-order chi connectivity index (χ1) is 12.4. The third-order valence-electron chi connectivity index (χ3n) is 4.12. The van der Waals surface area contributed by atoms with Gasteiger partial charge in [0.2, 0.25) is 5.91 Å². The van der Waals surface area contributed by atoms with E-state index >= 15 is 0 Å². The molecular formula is C20H36IN5O. The van der Waals surface area contributed by atoms with Crippen molar-refractivity contribution in [1.29, 1.82) is 0 Å². The van der Waals surface area contributed by atoms with Crippen LogP contribution in [0.1, 0.15) is 31.9 Å². The zero-order valence-corrected chi connectivity index (χ0v) is 20.0. The van der Waals surface area contributed by atoms with Gasteiger partial charge < -0.3 is 20.0 Å². The van der Waals surface area contributed by atoms with Crippen LogP contribution in [-0.4, -0.2) is 73.9 Å². The molecule has 0 saturated carbocycles. The minimum Gasteiger partial charge on any atom is -0.357 e. The predicted octanol–water partition coefficient (Wildman–Crippen LogP) is 2.63. The van der Waals surface area contributed by atoms with Gasteiger partial charge in [-0.05, 0) is 46.0 Å². The Morgan fingerprint density at radius 3 is 2.04 bits per heavy atom. The van der Waals surface area contributed by atoms with Gasteiger partial charge in [0.15, 0.2) is 5.96 Å². The Morgan fingerprint density at radius 1 is 1.00 bits per heavy atom. The molecule has 7 heteroatoms. The molecule has 0 radical (unpaired) electrons. The summed E-state index contributed by atoms with van der Waals surface area (Å²) in [6.07, 6.45) is 0. The van der Waals surface area contributed by atoms with Gasteiger partial charge in [-0.3, -0.25) is 4.79 Å². The molecule has 1 amide bonds. The van der Waals surface area contributed by atoms with Gasteiger partial charge in [0, 0.05) is 33.2 Å². The lowest BCUT2D eigenvalue weighted by molar-refractivity contribution is -0.131. The first-order valence-corrected chi connectivity index (χ1v) is 9.40. The molecule has 0 bridgehead atoms. The zero-order valence-electron chi connectivity index (χ0n) is 17.7. The van der Waals surface area contributed by atoms with Crippen molar-refractivity contribution in [3.63, 3.8) is 0 Å². The van der Waals surface area contributed by atoms with Crippen molar-refractivity contribution in [2.75, 3.05) is 47.3 Å². The molecule has 0 aliphatic rings. The quantitative estimate of drug-likeness (QED) is 0.329. The van der Waals surface area contributed by atoms with E-state index in [0.717, 1.165) is 37.7 Å².